The van der Waals surface area contributed by atoms with E-state index in [-0.39, 0.29) is 16.2 Å². The highest BCUT2D eigenvalue weighted by atomic mass is 32.1. The van der Waals surface area contributed by atoms with Crippen molar-refractivity contribution < 1.29 is 15.3 Å². The molecule has 4 aliphatic carbocycles. The Morgan fingerprint density at radius 2 is 1.95 bits per heavy atom. The first-order valence-corrected chi connectivity index (χ1v) is 17.2. The minimum atomic E-state index is -0.642. The first-order valence-electron chi connectivity index (χ1n) is 16.3. The van der Waals surface area contributed by atoms with Crippen LogP contribution in [0.5, 0.6) is 0 Å². The van der Waals surface area contributed by atoms with Crippen LogP contribution in [0.25, 0.3) is 0 Å². The third kappa shape index (κ3) is 6.25. The molecule has 0 radical (unpaired) electrons. The summed E-state index contributed by atoms with van der Waals surface area (Å²) in [6, 6.07) is 0. The number of unbranched alkanes of at least 4 members (excludes halogenated alkanes) is 2. The van der Waals surface area contributed by atoms with Gasteiger partial charge in [-0.25, -0.2) is 4.98 Å². The van der Waals surface area contributed by atoms with E-state index in [4.69, 9.17) is 4.98 Å². The Hall–Kier alpha value is -1.53. The number of rotatable bonds is 10. The Morgan fingerprint density at radius 3 is 2.68 bits per heavy atom. The number of hydrogen-bond acceptors (Lipinski definition) is 5. The average Bonchev–Trinajstić information content (AvgIpc) is 3.45. The molecule has 4 nitrogen and oxygen atoms in total. The van der Waals surface area contributed by atoms with E-state index in [1.54, 1.807) is 11.3 Å². The van der Waals surface area contributed by atoms with E-state index in [1.165, 1.54) is 56.2 Å². The van der Waals surface area contributed by atoms with Crippen LogP contribution in [-0.2, 0) is 11.8 Å². The van der Waals surface area contributed by atoms with Crippen LogP contribution >= 0.6 is 11.3 Å². The Balaban J connectivity index is 1.28. The molecule has 0 unspecified atom stereocenters. The molecule has 0 bridgehead atoms. The van der Waals surface area contributed by atoms with Crippen LogP contribution in [0.2, 0.25) is 0 Å². The summed E-state index contributed by atoms with van der Waals surface area (Å²) in [6.45, 7) is 13.6. The largest absolute Gasteiger partial charge is 0.393 e. The fraction of sp³-hybridized carbons (Fsp3) is 0.694. The predicted molar refractivity (Wildman–Crippen MR) is 170 cm³/mol. The van der Waals surface area contributed by atoms with Gasteiger partial charge in [-0.2, -0.15) is 0 Å². The van der Waals surface area contributed by atoms with Crippen molar-refractivity contribution in [1.82, 2.24) is 4.98 Å². The zero-order valence-electron chi connectivity index (χ0n) is 25.9. The van der Waals surface area contributed by atoms with Gasteiger partial charge in [-0.05, 0) is 98.0 Å². The molecule has 5 heteroatoms. The lowest BCUT2D eigenvalue weighted by Crippen LogP contribution is -2.39. The van der Waals surface area contributed by atoms with Crippen LogP contribution in [0.4, 0.5) is 0 Å². The van der Waals surface area contributed by atoms with E-state index in [2.05, 4.69) is 64.0 Å². The molecule has 4 saturated carbocycles. The summed E-state index contributed by atoms with van der Waals surface area (Å²) in [6.07, 6.45) is 20.9. The molecule has 4 aliphatic rings. The number of aromatic nitrogens is 1. The molecule has 4 fully saturated rings. The maximum Gasteiger partial charge on any atom is 0.102 e. The summed E-state index contributed by atoms with van der Waals surface area (Å²) in [5.41, 5.74) is 4.50. The smallest absolute Gasteiger partial charge is 0.102 e. The summed E-state index contributed by atoms with van der Waals surface area (Å²) in [4.78, 5) is 4.98. The maximum absolute atomic E-state index is 11.4. The van der Waals surface area contributed by atoms with Gasteiger partial charge in [-0.15, -0.1) is 11.3 Å². The summed E-state index contributed by atoms with van der Waals surface area (Å²) in [5.74, 6) is 1.10. The Morgan fingerprint density at radius 1 is 1.17 bits per heavy atom. The van der Waals surface area contributed by atoms with Gasteiger partial charge in [0.15, 0.2) is 0 Å². The van der Waals surface area contributed by atoms with Crippen LogP contribution in [0, 0.1) is 22.7 Å². The molecule has 41 heavy (non-hydrogen) atoms. The average molecular weight is 580 g/mol. The van der Waals surface area contributed by atoms with Crippen molar-refractivity contribution in [3.63, 3.8) is 0 Å². The van der Waals surface area contributed by atoms with E-state index in [0.717, 1.165) is 41.8 Å². The summed E-state index contributed by atoms with van der Waals surface area (Å²) in [5, 5.41) is 35.2. The zero-order chi connectivity index (χ0) is 29.4. The normalized spacial score (nSPS) is 34.5. The van der Waals surface area contributed by atoms with E-state index < -0.39 is 18.3 Å². The SMILES string of the molecule is C=C1C(=CC=C2CCC[C@]3(C)[C@@H](C(C)(C)C=C[C@@H](O)C4(c5nc(CCCCC)cs5)CC4)CC[C@@H]23)C[C@@H](O)C[C@@H]1O. The summed E-state index contributed by atoms with van der Waals surface area (Å²) in [7, 11) is 0. The maximum atomic E-state index is 11.4. The lowest BCUT2D eigenvalue weighted by Gasteiger charge is -2.47. The Kier molecular flexibility index (Phi) is 9.22. The van der Waals surface area contributed by atoms with Gasteiger partial charge in [-0.1, -0.05) is 77.0 Å². The van der Waals surface area contributed by atoms with Crippen LogP contribution < -0.4 is 0 Å². The second kappa shape index (κ2) is 12.2. The topological polar surface area (TPSA) is 73.6 Å². The molecular formula is C36H53NO3S. The molecular weight excluding hydrogens is 526 g/mol. The van der Waals surface area contributed by atoms with Gasteiger partial charge in [0.2, 0.25) is 0 Å². The molecule has 0 aliphatic heterocycles. The van der Waals surface area contributed by atoms with Gasteiger partial charge in [0, 0.05) is 11.8 Å². The van der Waals surface area contributed by atoms with E-state index in [9.17, 15) is 15.3 Å². The second-order valence-electron chi connectivity index (χ2n) is 14.5. The van der Waals surface area contributed by atoms with Crippen molar-refractivity contribution in [3.8, 4) is 0 Å². The molecule has 226 valence electrons. The number of thiazole rings is 1. The molecule has 3 N–H and O–H groups in total. The molecule has 0 amide bonds. The third-order valence-corrected chi connectivity index (χ3v) is 12.3. The number of aliphatic hydroxyl groups is 3. The minimum Gasteiger partial charge on any atom is -0.393 e. The van der Waals surface area contributed by atoms with Crippen molar-refractivity contribution in [3.05, 3.63) is 63.7 Å². The highest BCUT2D eigenvalue weighted by molar-refractivity contribution is 7.09. The van der Waals surface area contributed by atoms with Gasteiger partial charge in [0.25, 0.3) is 0 Å². The first-order chi connectivity index (χ1) is 19.5. The van der Waals surface area contributed by atoms with Gasteiger partial charge in [0.05, 0.1) is 29.4 Å². The van der Waals surface area contributed by atoms with Gasteiger partial charge < -0.3 is 15.3 Å². The monoisotopic (exact) mass is 579 g/mol. The highest BCUT2D eigenvalue weighted by Gasteiger charge is 2.54. The lowest BCUT2D eigenvalue weighted by atomic mass is 9.57. The molecule has 6 atom stereocenters. The molecule has 1 heterocycles. The van der Waals surface area contributed by atoms with E-state index in [0.29, 0.717) is 24.7 Å². The fourth-order valence-corrected chi connectivity index (χ4v) is 9.69. The number of nitrogens with zero attached hydrogens (tertiary/aromatic N) is 1. The Bertz CT molecular complexity index is 1190. The van der Waals surface area contributed by atoms with E-state index in [1.807, 2.05) is 0 Å². The van der Waals surface area contributed by atoms with Crippen LogP contribution in [0.15, 0.2) is 53.0 Å². The molecule has 0 spiro atoms. The molecule has 0 saturated heterocycles. The van der Waals surface area contributed by atoms with Crippen molar-refractivity contribution in [2.24, 2.45) is 22.7 Å². The van der Waals surface area contributed by atoms with Crippen molar-refractivity contribution in [2.45, 2.75) is 135 Å². The van der Waals surface area contributed by atoms with Crippen LogP contribution in [0.1, 0.15) is 115 Å². The number of allylic oxidation sites excluding steroid dienone is 4. The molecule has 5 rings (SSSR count). The predicted octanol–water partition coefficient (Wildman–Crippen LogP) is 7.99. The number of fused-ring (bicyclic) bond motifs is 1. The van der Waals surface area contributed by atoms with Gasteiger partial charge >= 0.3 is 0 Å². The second-order valence-corrected chi connectivity index (χ2v) is 15.4. The lowest BCUT2D eigenvalue weighted by molar-refractivity contribution is 0.0706. The summed E-state index contributed by atoms with van der Waals surface area (Å²) >= 11 is 1.74. The number of aryl methyl sites for hydroxylation is 1. The standard InChI is InChI=1S/C36H53NO3S/c1-6-7-8-11-27-23-41-33(37-27)36(19-20-36)32(40)16-18-34(3,4)31-15-14-29-25(10-9-17-35(29,31)5)12-13-26-21-28(38)22-30(39)24(26)2/h12-13,16,18,23,28-32,38-40H,2,6-11,14-15,17,19-22H2,1,3-5H3/t28-,29+,30+,31-,32-,35+/m1/s1. The van der Waals surface area contributed by atoms with Gasteiger partial charge in [0.1, 0.15) is 5.01 Å². The van der Waals surface area contributed by atoms with Gasteiger partial charge in [-0.3, -0.25) is 0 Å². The van der Waals surface area contributed by atoms with Crippen LogP contribution in [0.3, 0.4) is 0 Å². The quantitative estimate of drug-likeness (QED) is 0.194. The number of hydrogen-bond donors (Lipinski definition) is 3. The van der Waals surface area contributed by atoms with Crippen molar-refractivity contribution in [1.29, 1.82) is 0 Å². The molecule has 1 aromatic heterocycles. The van der Waals surface area contributed by atoms with Crippen LogP contribution in [-0.4, -0.2) is 38.6 Å². The third-order valence-electron chi connectivity index (χ3n) is 11.2. The minimum absolute atomic E-state index is 0.0124. The molecule has 0 aromatic carbocycles. The highest BCUT2D eigenvalue weighted by Crippen LogP contribution is 2.62. The fourth-order valence-electron chi connectivity index (χ4n) is 8.54. The molecule has 1 aromatic rings. The summed E-state index contributed by atoms with van der Waals surface area (Å²) < 4.78 is 0. The zero-order valence-corrected chi connectivity index (χ0v) is 26.7. The van der Waals surface area contributed by atoms with Crippen molar-refractivity contribution in [2.75, 3.05) is 0 Å². The Labute approximate surface area is 252 Å². The van der Waals surface area contributed by atoms with Crippen molar-refractivity contribution >= 4 is 11.3 Å². The van der Waals surface area contributed by atoms with E-state index >= 15 is 0 Å². The number of aliphatic hydroxyl groups excluding tert-OH is 3. The first kappa shape index (κ1) is 30.9.